The number of rotatable bonds is 3. The zero-order chi connectivity index (χ0) is 19.3. The maximum atomic E-state index is 9.55. The molecule has 1 aromatic heterocycles. The van der Waals surface area contributed by atoms with Crippen molar-refractivity contribution in [1.82, 2.24) is 4.57 Å². The number of carbonyl (C=O) groups is 2. The highest BCUT2D eigenvalue weighted by Gasteiger charge is 2.15. The Labute approximate surface area is 160 Å². The Balaban J connectivity index is 0.000000260. The number of carboxylic acid groups (broad SMARTS) is 2. The number of aliphatic imine (C=N–C) groups is 1. The molecule has 0 amide bonds. The molecule has 0 saturated heterocycles. The third-order valence-electron chi connectivity index (χ3n) is 3.61. The van der Waals surface area contributed by atoms with Crippen molar-refractivity contribution in [3.8, 4) is 11.3 Å². The smallest absolute Gasteiger partial charge is 0.328 e. The molecule has 0 bridgehead atoms. The van der Waals surface area contributed by atoms with Crippen LogP contribution >= 0.6 is 23.2 Å². The highest BCUT2D eigenvalue weighted by atomic mass is 35.5. The first kappa shape index (κ1) is 19.8. The van der Waals surface area contributed by atoms with Crippen LogP contribution in [0.15, 0.2) is 47.5 Å². The Kier molecular flexibility index (Phi) is 6.60. The molecule has 1 aliphatic heterocycles. The van der Waals surface area contributed by atoms with E-state index in [0.717, 1.165) is 30.1 Å². The fourth-order valence-electron chi connectivity index (χ4n) is 2.47. The van der Waals surface area contributed by atoms with Crippen molar-refractivity contribution in [2.75, 3.05) is 6.54 Å². The van der Waals surface area contributed by atoms with Gasteiger partial charge in [0.1, 0.15) is 0 Å². The van der Waals surface area contributed by atoms with Crippen LogP contribution in [-0.4, -0.2) is 39.0 Å². The summed E-state index contributed by atoms with van der Waals surface area (Å²) in [6.07, 6.45) is 1.12. The van der Waals surface area contributed by atoms with Crippen LogP contribution in [0.3, 0.4) is 0 Å². The van der Waals surface area contributed by atoms with Crippen LogP contribution in [-0.2, 0) is 16.1 Å². The lowest BCUT2D eigenvalue weighted by Gasteiger charge is -2.17. The van der Waals surface area contributed by atoms with E-state index in [1.807, 2.05) is 25.1 Å². The Morgan fingerprint density at radius 2 is 1.65 bits per heavy atom. The zero-order valence-electron chi connectivity index (χ0n) is 13.8. The minimum Gasteiger partial charge on any atom is -0.478 e. The van der Waals surface area contributed by atoms with Gasteiger partial charge in [-0.25, -0.2) is 9.59 Å². The summed E-state index contributed by atoms with van der Waals surface area (Å²) in [6, 6.07) is 9.96. The van der Waals surface area contributed by atoms with Crippen molar-refractivity contribution in [3.63, 3.8) is 0 Å². The summed E-state index contributed by atoms with van der Waals surface area (Å²) in [6.45, 7) is 3.79. The minimum absolute atomic E-state index is 0.558. The minimum atomic E-state index is -1.26. The van der Waals surface area contributed by atoms with Gasteiger partial charge in [-0.3, -0.25) is 4.99 Å². The number of halogens is 2. The lowest BCUT2D eigenvalue weighted by atomic mass is 10.1. The maximum absolute atomic E-state index is 9.55. The standard InChI is InChI=1S/C14H12Cl2N2.C4H4O4/c1-9-13-4-5-14(18(13)7-6-17-9)10-2-3-11(15)12(16)8-10;5-3(6)1-2-4(7)8/h2-5,8H,6-7H2,1H3;1-2H,(H,5,6)(H,7,8). The van der Waals surface area contributed by atoms with E-state index in [0.29, 0.717) is 22.2 Å². The van der Waals surface area contributed by atoms with Crippen molar-refractivity contribution in [2.45, 2.75) is 13.5 Å². The van der Waals surface area contributed by atoms with E-state index in [9.17, 15) is 9.59 Å². The molecule has 136 valence electrons. The van der Waals surface area contributed by atoms with Gasteiger partial charge in [-0.1, -0.05) is 29.3 Å². The average molecular weight is 395 g/mol. The first-order valence-electron chi connectivity index (χ1n) is 7.60. The normalized spacial score (nSPS) is 12.8. The molecule has 1 aromatic carbocycles. The Morgan fingerprint density at radius 1 is 1.04 bits per heavy atom. The summed E-state index contributed by atoms with van der Waals surface area (Å²) in [4.78, 5) is 23.6. The maximum Gasteiger partial charge on any atom is 0.328 e. The predicted octanol–water partition coefficient (Wildman–Crippen LogP) is 4.00. The molecule has 3 rings (SSSR count). The van der Waals surface area contributed by atoms with Gasteiger partial charge in [0.25, 0.3) is 0 Å². The van der Waals surface area contributed by atoms with Gasteiger partial charge in [-0.15, -0.1) is 0 Å². The summed E-state index contributed by atoms with van der Waals surface area (Å²) in [5, 5.41) is 16.8. The Morgan fingerprint density at radius 3 is 2.23 bits per heavy atom. The monoisotopic (exact) mass is 394 g/mol. The third-order valence-corrected chi connectivity index (χ3v) is 4.35. The molecular formula is C18H16Cl2N2O4. The summed E-state index contributed by atoms with van der Waals surface area (Å²) in [5.41, 5.74) is 4.53. The van der Waals surface area contributed by atoms with Gasteiger partial charge in [0.2, 0.25) is 0 Å². The third kappa shape index (κ3) is 4.97. The van der Waals surface area contributed by atoms with E-state index < -0.39 is 11.9 Å². The quantitative estimate of drug-likeness (QED) is 0.769. The molecule has 1 aliphatic rings. The van der Waals surface area contributed by atoms with E-state index >= 15 is 0 Å². The van der Waals surface area contributed by atoms with Gasteiger partial charge in [0.05, 0.1) is 28.0 Å². The number of aromatic nitrogens is 1. The van der Waals surface area contributed by atoms with Gasteiger partial charge in [-0.2, -0.15) is 0 Å². The largest absolute Gasteiger partial charge is 0.478 e. The number of fused-ring (bicyclic) bond motifs is 1. The van der Waals surface area contributed by atoms with E-state index in [1.165, 1.54) is 5.69 Å². The van der Waals surface area contributed by atoms with E-state index in [4.69, 9.17) is 33.4 Å². The summed E-state index contributed by atoms with van der Waals surface area (Å²) < 4.78 is 2.28. The molecule has 26 heavy (non-hydrogen) atoms. The van der Waals surface area contributed by atoms with Crippen LogP contribution in [0.1, 0.15) is 12.6 Å². The van der Waals surface area contributed by atoms with Crippen molar-refractivity contribution < 1.29 is 19.8 Å². The number of aliphatic carboxylic acids is 2. The second-order valence-corrected chi connectivity index (χ2v) is 6.18. The molecule has 2 heterocycles. The SMILES string of the molecule is CC1=NCCn2c1ccc2-c1ccc(Cl)c(Cl)c1.O=C(O)C=CC(=O)O. The van der Waals surface area contributed by atoms with Gasteiger partial charge < -0.3 is 14.8 Å². The van der Waals surface area contributed by atoms with E-state index in [1.54, 1.807) is 0 Å². The fourth-order valence-corrected chi connectivity index (χ4v) is 2.77. The average Bonchev–Trinajstić information content (AvgIpc) is 3.02. The summed E-state index contributed by atoms with van der Waals surface area (Å²) >= 11 is 12.0. The number of carboxylic acids is 2. The Hall–Kier alpha value is -2.57. The lowest BCUT2D eigenvalue weighted by Crippen LogP contribution is -2.16. The molecule has 0 saturated carbocycles. The summed E-state index contributed by atoms with van der Waals surface area (Å²) in [5.74, 6) is -2.51. The Bertz CT molecular complexity index is 885. The number of hydrogen-bond donors (Lipinski definition) is 2. The highest BCUT2D eigenvalue weighted by Crippen LogP contribution is 2.30. The number of benzene rings is 1. The topological polar surface area (TPSA) is 91.9 Å². The molecular weight excluding hydrogens is 379 g/mol. The van der Waals surface area contributed by atoms with Crippen molar-refractivity contribution >= 4 is 40.9 Å². The predicted molar refractivity (Wildman–Crippen MR) is 101 cm³/mol. The summed E-state index contributed by atoms with van der Waals surface area (Å²) in [7, 11) is 0. The van der Waals surface area contributed by atoms with Gasteiger partial charge in [-0.05, 0) is 36.8 Å². The van der Waals surface area contributed by atoms with E-state index in [2.05, 4.69) is 21.7 Å². The zero-order valence-corrected chi connectivity index (χ0v) is 15.3. The van der Waals surface area contributed by atoms with Crippen molar-refractivity contribution in [2.24, 2.45) is 4.99 Å². The van der Waals surface area contributed by atoms with E-state index in [-0.39, 0.29) is 0 Å². The second-order valence-electron chi connectivity index (χ2n) is 5.36. The van der Waals surface area contributed by atoms with Crippen LogP contribution in [0, 0.1) is 0 Å². The first-order valence-corrected chi connectivity index (χ1v) is 8.35. The molecule has 0 spiro atoms. The van der Waals surface area contributed by atoms with Crippen LogP contribution in [0.25, 0.3) is 11.3 Å². The molecule has 0 radical (unpaired) electrons. The van der Waals surface area contributed by atoms with Gasteiger partial charge in [0.15, 0.2) is 0 Å². The lowest BCUT2D eigenvalue weighted by molar-refractivity contribution is -0.134. The first-order chi connectivity index (χ1) is 12.3. The van der Waals surface area contributed by atoms with Crippen LogP contribution in [0.5, 0.6) is 0 Å². The van der Waals surface area contributed by atoms with Gasteiger partial charge >= 0.3 is 11.9 Å². The second kappa shape index (κ2) is 8.69. The fraction of sp³-hybridized carbons (Fsp3) is 0.167. The molecule has 6 nitrogen and oxygen atoms in total. The molecule has 0 atom stereocenters. The molecule has 0 aliphatic carbocycles. The molecule has 0 unspecified atom stereocenters. The number of hydrogen-bond acceptors (Lipinski definition) is 3. The van der Waals surface area contributed by atoms with Crippen molar-refractivity contribution in [3.05, 3.63) is 58.2 Å². The van der Waals surface area contributed by atoms with Crippen LogP contribution in [0.2, 0.25) is 10.0 Å². The molecule has 2 aromatic rings. The molecule has 8 heteroatoms. The van der Waals surface area contributed by atoms with Crippen LogP contribution < -0.4 is 0 Å². The molecule has 0 fully saturated rings. The highest BCUT2D eigenvalue weighted by molar-refractivity contribution is 6.42. The van der Waals surface area contributed by atoms with Crippen molar-refractivity contribution in [1.29, 1.82) is 0 Å². The van der Waals surface area contributed by atoms with Gasteiger partial charge in [0, 0.05) is 24.4 Å². The van der Waals surface area contributed by atoms with Crippen LogP contribution in [0.4, 0.5) is 0 Å². The number of nitrogens with zero attached hydrogens (tertiary/aromatic N) is 2. The molecule has 2 N–H and O–H groups in total.